The van der Waals surface area contributed by atoms with Crippen molar-refractivity contribution in [2.75, 3.05) is 0 Å². The number of aliphatic hydroxyl groups excluding tert-OH is 1. The molecule has 1 aliphatic rings. The molecule has 1 aromatic carbocycles. The van der Waals surface area contributed by atoms with E-state index in [1.807, 2.05) is 6.07 Å². The molecule has 78 valence electrons. The van der Waals surface area contributed by atoms with E-state index >= 15 is 0 Å². The number of fused-ring (bicyclic) bond motifs is 1. The minimum atomic E-state index is -0.814. The average Bonchev–Trinajstić information content (AvgIpc) is 2.54. The molecule has 1 heterocycles. The van der Waals surface area contributed by atoms with Gasteiger partial charge in [-0.25, -0.2) is 0 Å². The molecule has 1 aliphatic heterocycles. The predicted octanol–water partition coefficient (Wildman–Crippen LogP) is 1.63. The Morgan fingerprint density at radius 2 is 2.20 bits per heavy atom. The van der Waals surface area contributed by atoms with E-state index in [-0.39, 0.29) is 5.97 Å². The van der Waals surface area contributed by atoms with E-state index in [1.165, 1.54) is 0 Å². The lowest BCUT2D eigenvalue weighted by atomic mass is 9.94. The van der Waals surface area contributed by atoms with Crippen molar-refractivity contribution in [3.63, 3.8) is 0 Å². The fourth-order valence-electron chi connectivity index (χ4n) is 1.76. The van der Waals surface area contributed by atoms with Gasteiger partial charge in [-0.2, -0.15) is 0 Å². The van der Waals surface area contributed by atoms with Crippen molar-refractivity contribution in [3.8, 4) is 5.75 Å². The van der Waals surface area contributed by atoms with E-state index in [4.69, 9.17) is 4.74 Å². The van der Waals surface area contributed by atoms with Crippen LogP contribution in [0.4, 0.5) is 0 Å². The molecule has 0 fully saturated rings. The van der Waals surface area contributed by atoms with Gasteiger partial charge >= 0.3 is 5.97 Å². The molecule has 0 saturated heterocycles. The van der Waals surface area contributed by atoms with Crippen molar-refractivity contribution in [2.45, 2.75) is 18.9 Å². The number of benzene rings is 1. The quantitative estimate of drug-likeness (QED) is 0.452. The lowest BCUT2D eigenvalue weighted by molar-refractivity contribution is -0.135. The Kier molecular flexibility index (Phi) is 2.56. The molecule has 0 bridgehead atoms. The molecule has 0 spiro atoms. The van der Waals surface area contributed by atoms with Crippen LogP contribution in [0.2, 0.25) is 0 Å². The first-order valence-electron chi connectivity index (χ1n) is 4.85. The molecule has 0 saturated carbocycles. The number of allylic oxidation sites excluding steroid dienone is 1. The third kappa shape index (κ3) is 1.66. The van der Waals surface area contributed by atoms with Crippen LogP contribution in [0.15, 0.2) is 36.4 Å². The Morgan fingerprint density at radius 3 is 2.93 bits per heavy atom. The molecular formula is C12H12O3. The van der Waals surface area contributed by atoms with E-state index in [0.29, 0.717) is 5.75 Å². The first kappa shape index (κ1) is 9.93. The lowest BCUT2D eigenvalue weighted by Crippen LogP contribution is -2.22. The van der Waals surface area contributed by atoms with Crippen molar-refractivity contribution >= 4 is 5.97 Å². The molecule has 2 unspecified atom stereocenters. The maximum absolute atomic E-state index is 11.5. The van der Waals surface area contributed by atoms with Gasteiger partial charge in [0, 0.05) is 5.56 Å². The number of esters is 1. The zero-order chi connectivity index (χ0) is 10.8. The second kappa shape index (κ2) is 3.87. The van der Waals surface area contributed by atoms with Crippen LogP contribution in [0.1, 0.15) is 18.4 Å². The Bertz CT molecular complexity index is 409. The molecule has 0 aliphatic carbocycles. The number of para-hydroxylation sites is 1. The van der Waals surface area contributed by atoms with E-state index in [9.17, 15) is 9.90 Å². The summed E-state index contributed by atoms with van der Waals surface area (Å²) in [5.74, 6) is -0.421. The summed E-state index contributed by atoms with van der Waals surface area (Å²) in [4.78, 5) is 11.5. The minimum Gasteiger partial charge on any atom is -0.426 e. The van der Waals surface area contributed by atoms with Crippen LogP contribution >= 0.6 is 0 Å². The normalized spacial score (nSPS) is 21.5. The van der Waals surface area contributed by atoms with Crippen molar-refractivity contribution in [2.24, 2.45) is 0 Å². The molecule has 1 N–H and O–H groups in total. The van der Waals surface area contributed by atoms with Crippen LogP contribution in [0.25, 0.3) is 0 Å². The minimum absolute atomic E-state index is 0.387. The summed E-state index contributed by atoms with van der Waals surface area (Å²) in [6.45, 7) is 1.80. The molecule has 3 heteroatoms. The number of ether oxygens (including phenoxy) is 1. The highest BCUT2D eigenvalue weighted by molar-refractivity contribution is 5.86. The molecule has 0 radical (unpaired) electrons. The van der Waals surface area contributed by atoms with Crippen LogP contribution in [0.5, 0.6) is 5.75 Å². The Balaban J connectivity index is 2.37. The third-order valence-corrected chi connectivity index (χ3v) is 2.45. The van der Waals surface area contributed by atoms with Crippen LogP contribution in [0.3, 0.4) is 0 Å². The summed E-state index contributed by atoms with van der Waals surface area (Å²) < 4.78 is 5.05. The van der Waals surface area contributed by atoms with Gasteiger partial charge in [-0.1, -0.05) is 30.4 Å². The van der Waals surface area contributed by atoms with Crippen LogP contribution in [0, 0.1) is 0 Å². The summed E-state index contributed by atoms with van der Waals surface area (Å²) in [6, 6.07) is 7.17. The largest absolute Gasteiger partial charge is 0.426 e. The predicted molar refractivity (Wildman–Crippen MR) is 55.6 cm³/mol. The topological polar surface area (TPSA) is 46.5 Å². The maximum atomic E-state index is 11.5. The van der Waals surface area contributed by atoms with Crippen LogP contribution in [-0.4, -0.2) is 17.2 Å². The van der Waals surface area contributed by atoms with E-state index < -0.39 is 12.0 Å². The second-order valence-corrected chi connectivity index (χ2v) is 3.45. The Labute approximate surface area is 88.0 Å². The number of hydrogen-bond acceptors (Lipinski definition) is 3. The first-order chi connectivity index (χ1) is 7.24. The van der Waals surface area contributed by atoms with Crippen molar-refractivity contribution in [1.29, 1.82) is 0 Å². The van der Waals surface area contributed by atoms with Crippen molar-refractivity contribution in [1.82, 2.24) is 0 Å². The van der Waals surface area contributed by atoms with Gasteiger partial charge in [-0.3, -0.25) is 4.79 Å². The Morgan fingerprint density at radius 1 is 1.47 bits per heavy atom. The summed E-state index contributed by atoms with van der Waals surface area (Å²) in [5, 5.41) is 9.78. The lowest BCUT2D eigenvalue weighted by Gasteiger charge is -2.10. The average molecular weight is 204 g/mol. The zero-order valence-electron chi connectivity index (χ0n) is 8.38. The van der Waals surface area contributed by atoms with E-state index in [1.54, 1.807) is 37.3 Å². The molecule has 0 aromatic heterocycles. The highest BCUT2D eigenvalue weighted by Crippen LogP contribution is 2.36. The van der Waals surface area contributed by atoms with Gasteiger partial charge in [0.15, 0.2) is 0 Å². The maximum Gasteiger partial charge on any atom is 0.321 e. The van der Waals surface area contributed by atoms with E-state index in [0.717, 1.165) is 5.56 Å². The molecule has 2 rings (SSSR count). The van der Waals surface area contributed by atoms with Gasteiger partial charge in [0.05, 0.1) is 6.10 Å². The fraction of sp³-hybridized carbons (Fsp3) is 0.250. The third-order valence-electron chi connectivity index (χ3n) is 2.45. The first-order valence-corrected chi connectivity index (χ1v) is 4.85. The zero-order valence-corrected chi connectivity index (χ0v) is 8.38. The van der Waals surface area contributed by atoms with Crippen molar-refractivity contribution < 1.29 is 14.6 Å². The van der Waals surface area contributed by atoms with Crippen LogP contribution < -0.4 is 4.74 Å². The number of hydrogen-bond donors (Lipinski definition) is 1. The van der Waals surface area contributed by atoms with Gasteiger partial charge in [0.1, 0.15) is 11.7 Å². The Hall–Kier alpha value is -1.61. The van der Waals surface area contributed by atoms with Crippen molar-refractivity contribution in [3.05, 3.63) is 42.0 Å². The van der Waals surface area contributed by atoms with Gasteiger partial charge in [-0.15, -0.1) is 0 Å². The van der Waals surface area contributed by atoms with Gasteiger partial charge < -0.3 is 9.84 Å². The number of rotatable bonds is 2. The SMILES string of the molecule is C/C=C\C(O)C1C(=O)Oc2ccccc21. The van der Waals surface area contributed by atoms with E-state index in [2.05, 4.69) is 0 Å². The summed E-state index contributed by atoms with van der Waals surface area (Å²) >= 11 is 0. The summed E-state index contributed by atoms with van der Waals surface area (Å²) in [6.07, 6.45) is 2.50. The number of aliphatic hydroxyl groups is 1. The van der Waals surface area contributed by atoms with Gasteiger partial charge in [0.2, 0.25) is 0 Å². The smallest absolute Gasteiger partial charge is 0.321 e. The molecular weight excluding hydrogens is 192 g/mol. The summed E-state index contributed by atoms with van der Waals surface area (Å²) in [5.41, 5.74) is 0.758. The molecule has 1 aromatic rings. The fourth-order valence-corrected chi connectivity index (χ4v) is 1.76. The molecule has 0 amide bonds. The molecule has 15 heavy (non-hydrogen) atoms. The monoisotopic (exact) mass is 204 g/mol. The van der Waals surface area contributed by atoms with Gasteiger partial charge in [-0.05, 0) is 13.0 Å². The standard InChI is InChI=1S/C12H12O3/c1-2-5-9(13)11-8-6-3-4-7-10(8)15-12(11)14/h2-7,9,11,13H,1H3/b5-2-. The molecule has 2 atom stereocenters. The second-order valence-electron chi connectivity index (χ2n) is 3.45. The highest BCUT2D eigenvalue weighted by atomic mass is 16.5. The summed E-state index contributed by atoms with van der Waals surface area (Å²) in [7, 11) is 0. The molecule has 3 nitrogen and oxygen atoms in total. The number of carbonyl (C=O) groups is 1. The van der Waals surface area contributed by atoms with Crippen LogP contribution in [-0.2, 0) is 4.79 Å². The number of carbonyl (C=O) groups excluding carboxylic acids is 1. The van der Waals surface area contributed by atoms with Gasteiger partial charge in [0.25, 0.3) is 0 Å². The highest BCUT2D eigenvalue weighted by Gasteiger charge is 2.36.